The van der Waals surface area contributed by atoms with Gasteiger partial charge in [-0.2, -0.15) is 0 Å². The molecule has 0 bridgehead atoms. The summed E-state index contributed by atoms with van der Waals surface area (Å²) >= 11 is 0. The number of fused-ring (bicyclic) bond motifs is 5. The van der Waals surface area contributed by atoms with Crippen LogP contribution in [0.1, 0.15) is 65.2 Å². The second kappa shape index (κ2) is 5.29. The van der Waals surface area contributed by atoms with Crippen LogP contribution in [0.3, 0.4) is 0 Å². The van der Waals surface area contributed by atoms with Crippen LogP contribution in [0.2, 0.25) is 0 Å². The SMILES string of the molecule is C[C@H]1C[C@@]2(CO)[C@@H](CC[C@H]3[C@@H]4CC[C@H](O)[C@@]4(C)CC[C@@H]32)CC1=O. The van der Waals surface area contributed by atoms with Crippen LogP contribution in [0.15, 0.2) is 0 Å². The van der Waals surface area contributed by atoms with E-state index in [1.165, 1.54) is 6.42 Å². The van der Waals surface area contributed by atoms with Crippen molar-refractivity contribution in [2.45, 2.75) is 71.3 Å². The molecule has 0 unspecified atom stereocenters. The maximum absolute atomic E-state index is 12.2. The lowest BCUT2D eigenvalue weighted by molar-refractivity contribution is -0.162. The van der Waals surface area contributed by atoms with Crippen molar-refractivity contribution in [3.8, 4) is 0 Å². The predicted octanol–water partition coefficient (Wildman–Crippen LogP) is 3.18. The van der Waals surface area contributed by atoms with Crippen molar-refractivity contribution in [3.63, 3.8) is 0 Å². The molecule has 23 heavy (non-hydrogen) atoms. The van der Waals surface area contributed by atoms with Gasteiger partial charge in [-0.3, -0.25) is 4.79 Å². The van der Waals surface area contributed by atoms with E-state index < -0.39 is 0 Å². The van der Waals surface area contributed by atoms with Crippen LogP contribution in [0.5, 0.6) is 0 Å². The van der Waals surface area contributed by atoms with E-state index in [1.807, 2.05) is 0 Å². The summed E-state index contributed by atoms with van der Waals surface area (Å²) in [5, 5.41) is 20.9. The fourth-order valence-corrected chi connectivity index (χ4v) is 7.42. The average molecular weight is 320 g/mol. The summed E-state index contributed by atoms with van der Waals surface area (Å²) in [6.07, 6.45) is 8.07. The number of Topliss-reactive ketones (excluding diaryl/α,β-unsaturated/α-hetero) is 1. The maximum Gasteiger partial charge on any atom is 0.136 e. The Hall–Kier alpha value is -0.410. The second-order valence-electron chi connectivity index (χ2n) is 9.46. The van der Waals surface area contributed by atoms with Crippen LogP contribution < -0.4 is 0 Å². The molecule has 4 aliphatic carbocycles. The molecule has 3 heteroatoms. The fraction of sp³-hybridized carbons (Fsp3) is 0.950. The first-order chi connectivity index (χ1) is 10.9. The lowest BCUT2D eigenvalue weighted by atomic mass is 9.44. The van der Waals surface area contributed by atoms with Crippen LogP contribution in [-0.2, 0) is 4.79 Å². The molecule has 130 valence electrons. The minimum absolute atomic E-state index is 0.0227. The van der Waals surface area contributed by atoms with Gasteiger partial charge >= 0.3 is 0 Å². The number of aliphatic hydroxyl groups excluding tert-OH is 2. The second-order valence-corrected chi connectivity index (χ2v) is 9.46. The summed E-state index contributed by atoms with van der Waals surface area (Å²) in [5.41, 5.74) is 0.0753. The Kier molecular flexibility index (Phi) is 3.70. The monoisotopic (exact) mass is 320 g/mol. The van der Waals surface area contributed by atoms with E-state index in [-0.39, 0.29) is 29.5 Å². The number of carbonyl (C=O) groups excluding carboxylic acids is 1. The molecule has 0 radical (unpaired) electrons. The normalized spacial score (nSPS) is 55.9. The molecule has 2 N–H and O–H groups in total. The van der Waals surface area contributed by atoms with E-state index in [0.717, 1.165) is 38.5 Å². The molecule has 0 heterocycles. The molecule has 0 aromatic rings. The first-order valence-corrected chi connectivity index (χ1v) is 9.74. The third-order valence-corrected chi connectivity index (χ3v) is 8.76. The summed E-state index contributed by atoms with van der Waals surface area (Å²) in [6.45, 7) is 4.62. The van der Waals surface area contributed by atoms with Gasteiger partial charge in [0.1, 0.15) is 5.78 Å². The highest BCUT2D eigenvalue weighted by atomic mass is 16.3. The Morgan fingerprint density at radius 3 is 2.65 bits per heavy atom. The highest BCUT2D eigenvalue weighted by molar-refractivity contribution is 5.82. The van der Waals surface area contributed by atoms with Gasteiger partial charge in [-0.05, 0) is 74.0 Å². The summed E-state index contributed by atoms with van der Waals surface area (Å²) in [4.78, 5) is 12.2. The zero-order valence-electron chi connectivity index (χ0n) is 14.6. The van der Waals surface area contributed by atoms with Crippen LogP contribution >= 0.6 is 0 Å². The van der Waals surface area contributed by atoms with Crippen molar-refractivity contribution in [1.82, 2.24) is 0 Å². The van der Waals surface area contributed by atoms with Crippen LogP contribution in [0.4, 0.5) is 0 Å². The van der Waals surface area contributed by atoms with Gasteiger partial charge in [0.25, 0.3) is 0 Å². The Labute approximate surface area is 139 Å². The molecule has 0 aliphatic heterocycles. The summed E-state index contributed by atoms with van der Waals surface area (Å²) in [7, 11) is 0. The Balaban J connectivity index is 1.68. The number of ketones is 1. The van der Waals surface area contributed by atoms with Gasteiger partial charge in [0.05, 0.1) is 6.10 Å². The van der Waals surface area contributed by atoms with E-state index in [0.29, 0.717) is 35.9 Å². The fourth-order valence-electron chi connectivity index (χ4n) is 7.42. The Morgan fingerprint density at radius 2 is 1.91 bits per heavy atom. The van der Waals surface area contributed by atoms with Crippen LogP contribution in [0.25, 0.3) is 0 Å². The molecular weight excluding hydrogens is 288 g/mol. The quantitative estimate of drug-likeness (QED) is 0.780. The maximum atomic E-state index is 12.2. The number of hydrogen-bond donors (Lipinski definition) is 2. The highest BCUT2D eigenvalue weighted by Gasteiger charge is 2.61. The summed E-state index contributed by atoms with van der Waals surface area (Å²) < 4.78 is 0. The third kappa shape index (κ3) is 2.05. The lowest BCUT2D eigenvalue weighted by Crippen LogP contribution is -2.57. The van der Waals surface area contributed by atoms with E-state index in [4.69, 9.17) is 0 Å². The Bertz CT molecular complexity index is 503. The molecule has 0 spiro atoms. The number of hydrogen-bond acceptors (Lipinski definition) is 3. The van der Waals surface area contributed by atoms with Crippen molar-refractivity contribution in [2.24, 2.45) is 40.4 Å². The van der Waals surface area contributed by atoms with Gasteiger partial charge in [0.15, 0.2) is 0 Å². The third-order valence-electron chi connectivity index (χ3n) is 8.76. The number of rotatable bonds is 1. The van der Waals surface area contributed by atoms with Crippen LogP contribution in [0, 0.1) is 40.4 Å². The highest BCUT2D eigenvalue weighted by Crippen LogP contribution is 2.66. The smallest absolute Gasteiger partial charge is 0.136 e. The van der Waals surface area contributed by atoms with Gasteiger partial charge in [0.2, 0.25) is 0 Å². The van der Waals surface area contributed by atoms with Gasteiger partial charge in [-0.15, -0.1) is 0 Å². The van der Waals surface area contributed by atoms with E-state index in [2.05, 4.69) is 13.8 Å². The molecular formula is C20H32O3. The first-order valence-electron chi connectivity index (χ1n) is 9.74. The average Bonchev–Trinajstić information content (AvgIpc) is 2.84. The van der Waals surface area contributed by atoms with Crippen molar-refractivity contribution < 1.29 is 15.0 Å². The van der Waals surface area contributed by atoms with Gasteiger partial charge in [-0.1, -0.05) is 13.8 Å². The summed E-state index contributed by atoms with van der Waals surface area (Å²) in [6, 6.07) is 0. The molecule has 4 aliphatic rings. The standard InChI is InChI=1S/C20H32O3/c1-12-10-20(11-21)13(9-17(12)22)3-4-14-15-5-6-18(23)19(15,2)8-7-16(14)20/h12-16,18,21,23H,3-11H2,1-2H3/t12-,13-,14-,15-,16-,18-,19-,20+/m0/s1. The molecule has 8 atom stereocenters. The predicted molar refractivity (Wildman–Crippen MR) is 88.7 cm³/mol. The van der Waals surface area contributed by atoms with Crippen molar-refractivity contribution in [1.29, 1.82) is 0 Å². The Morgan fingerprint density at radius 1 is 1.13 bits per heavy atom. The molecule has 0 amide bonds. The summed E-state index contributed by atoms with van der Waals surface area (Å²) in [5.74, 6) is 2.75. The van der Waals surface area contributed by atoms with E-state index in [1.54, 1.807) is 0 Å². The lowest BCUT2D eigenvalue weighted by Gasteiger charge is -2.61. The van der Waals surface area contributed by atoms with Gasteiger partial charge in [-0.25, -0.2) is 0 Å². The van der Waals surface area contributed by atoms with Crippen molar-refractivity contribution in [3.05, 3.63) is 0 Å². The van der Waals surface area contributed by atoms with Gasteiger partial charge in [0, 0.05) is 24.4 Å². The minimum Gasteiger partial charge on any atom is -0.396 e. The minimum atomic E-state index is -0.136. The molecule has 4 saturated carbocycles. The molecule has 3 nitrogen and oxygen atoms in total. The van der Waals surface area contributed by atoms with E-state index in [9.17, 15) is 15.0 Å². The number of aliphatic hydroxyl groups is 2. The molecule has 0 aromatic heterocycles. The zero-order valence-corrected chi connectivity index (χ0v) is 14.6. The molecule has 0 saturated heterocycles. The van der Waals surface area contributed by atoms with E-state index >= 15 is 0 Å². The molecule has 4 rings (SSSR count). The topological polar surface area (TPSA) is 57.5 Å². The van der Waals surface area contributed by atoms with Crippen LogP contribution in [-0.4, -0.2) is 28.7 Å². The van der Waals surface area contributed by atoms with Crippen molar-refractivity contribution >= 4 is 5.78 Å². The molecule has 0 aromatic carbocycles. The van der Waals surface area contributed by atoms with Crippen molar-refractivity contribution in [2.75, 3.05) is 6.61 Å². The van der Waals surface area contributed by atoms with Gasteiger partial charge < -0.3 is 10.2 Å². The largest absolute Gasteiger partial charge is 0.396 e. The number of carbonyl (C=O) groups is 1. The molecule has 4 fully saturated rings. The zero-order chi connectivity index (χ0) is 16.4. The first kappa shape index (κ1) is 16.1.